The zero-order chi connectivity index (χ0) is 21.3. The lowest BCUT2D eigenvalue weighted by Gasteiger charge is -2.45. The maximum Gasteiger partial charge on any atom is 0.266 e. The molecule has 2 aromatic rings. The summed E-state index contributed by atoms with van der Waals surface area (Å²) in [6.07, 6.45) is 9.57. The second-order valence-electron chi connectivity index (χ2n) is 8.06. The van der Waals surface area contributed by atoms with Crippen molar-refractivity contribution in [2.75, 3.05) is 17.1 Å². The Balaban J connectivity index is 1.54. The molecule has 0 unspecified atom stereocenters. The molecule has 10 heteroatoms. The predicted molar refractivity (Wildman–Crippen MR) is 119 cm³/mol. The molecule has 0 radical (unpaired) electrons. The van der Waals surface area contributed by atoms with Crippen LogP contribution in [0.2, 0.25) is 5.02 Å². The number of hydrogen-bond acceptors (Lipinski definition) is 6. The van der Waals surface area contributed by atoms with Crippen molar-refractivity contribution in [3.05, 3.63) is 34.5 Å². The molecule has 0 aliphatic heterocycles. The molecule has 30 heavy (non-hydrogen) atoms. The second kappa shape index (κ2) is 8.98. The number of halogens is 2. The van der Waals surface area contributed by atoms with Crippen LogP contribution in [0.3, 0.4) is 0 Å². The van der Waals surface area contributed by atoms with Gasteiger partial charge in [-0.15, -0.1) is 11.3 Å². The number of aromatic nitrogens is 1. The van der Waals surface area contributed by atoms with E-state index in [-0.39, 0.29) is 16.2 Å². The summed E-state index contributed by atoms with van der Waals surface area (Å²) in [6, 6.07) is 3.49. The molecule has 2 aliphatic rings. The van der Waals surface area contributed by atoms with Gasteiger partial charge in [0.15, 0.2) is 5.13 Å². The maximum absolute atomic E-state index is 14.8. The normalized spacial score (nSPS) is 22.7. The van der Waals surface area contributed by atoms with Crippen LogP contribution in [0.1, 0.15) is 44.9 Å². The summed E-state index contributed by atoms with van der Waals surface area (Å²) < 4.78 is 42.2. The Labute approximate surface area is 185 Å². The molecule has 0 saturated heterocycles. The van der Waals surface area contributed by atoms with Gasteiger partial charge in [0.25, 0.3) is 10.0 Å². The zero-order valence-electron chi connectivity index (χ0n) is 16.8. The highest BCUT2D eigenvalue weighted by atomic mass is 35.5. The first-order valence-corrected chi connectivity index (χ1v) is 13.0. The standard InChI is InChI=1S/C20H26ClFN4O2S2/c1-26(13-5-4-6-13)18-8-3-2-7-16(18)24-17-12-15(22)19(11-14(17)21)30(27,28)25-20-23-9-10-29-20/h9-13,16,18,24H,2-8H2,1H3,(H,23,25)/t16-,18-/m0/s1. The molecule has 2 atom stereocenters. The van der Waals surface area contributed by atoms with E-state index in [2.05, 4.69) is 27.0 Å². The van der Waals surface area contributed by atoms with E-state index in [1.54, 1.807) is 5.38 Å². The summed E-state index contributed by atoms with van der Waals surface area (Å²) in [7, 11) is -1.94. The van der Waals surface area contributed by atoms with Gasteiger partial charge in [-0.2, -0.15) is 0 Å². The maximum atomic E-state index is 14.8. The summed E-state index contributed by atoms with van der Waals surface area (Å²) >= 11 is 7.51. The van der Waals surface area contributed by atoms with Crippen LogP contribution in [0.15, 0.2) is 28.6 Å². The topological polar surface area (TPSA) is 74.3 Å². The summed E-state index contributed by atoms with van der Waals surface area (Å²) in [5.41, 5.74) is 0.432. The largest absolute Gasteiger partial charge is 0.379 e. The van der Waals surface area contributed by atoms with Gasteiger partial charge in [0.05, 0.1) is 10.7 Å². The van der Waals surface area contributed by atoms with Crippen molar-refractivity contribution in [3.8, 4) is 0 Å². The second-order valence-corrected chi connectivity index (χ2v) is 11.0. The minimum absolute atomic E-state index is 0.150. The van der Waals surface area contributed by atoms with Crippen LogP contribution >= 0.6 is 22.9 Å². The van der Waals surface area contributed by atoms with Gasteiger partial charge in [0, 0.05) is 29.7 Å². The lowest BCUT2D eigenvalue weighted by atomic mass is 9.84. The quantitative estimate of drug-likeness (QED) is 0.596. The monoisotopic (exact) mass is 472 g/mol. The summed E-state index contributed by atoms with van der Waals surface area (Å²) in [6.45, 7) is 0. The summed E-state index contributed by atoms with van der Waals surface area (Å²) in [4.78, 5) is 5.85. The number of rotatable bonds is 7. The summed E-state index contributed by atoms with van der Waals surface area (Å²) in [5.74, 6) is -0.842. The van der Waals surface area contributed by atoms with Crippen molar-refractivity contribution in [1.29, 1.82) is 0 Å². The third-order valence-corrected chi connectivity index (χ3v) is 8.69. The SMILES string of the molecule is CN(C1CCC1)[C@H]1CCCC[C@@H]1Nc1cc(F)c(S(=O)(=O)Nc2nccs2)cc1Cl. The fourth-order valence-corrected chi connectivity index (χ4v) is 6.48. The first-order chi connectivity index (χ1) is 14.3. The van der Waals surface area contributed by atoms with Crippen LogP contribution in [0.4, 0.5) is 15.2 Å². The van der Waals surface area contributed by atoms with E-state index in [1.165, 1.54) is 44.0 Å². The molecule has 1 aromatic carbocycles. The zero-order valence-corrected chi connectivity index (χ0v) is 19.2. The fraction of sp³-hybridized carbons (Fsp3) is 0.550. The number of nitrogens with zero attached hydrogens (tertiary/aromatic N) is 2. The molecule has 0 amide bonds. The van der Waals surface area contributed by atoms with E-state index in [9.17, 15) is 12.8 Å². The number of thiazole rings is 1. The number of benzene rings is 1. The fourth-order valence-electron chi connectivity index (χ4n) is 4.32. The van der Waals surface area contributed by atoms with Crippen LogP contribution in [0, 0.1) is 5.82 Å². The van der Waals surface area contributed by atoms with Crippen LogP contribution in [-0.2, 0) is 10.0 Å². The van der Waals surface area contributed by atoms with Gasteiger partial charge in [0.2, 0.25) is 0 Å². The van der Waals surface area contributed by atoms with Crippen molar-refractivity contribution in [1.82, 2.24) is 9.88 Å². The molecule has 1 aromatic heterocycles. The van der Waals surface area contributed by atoms with Crippen LogP contribution in [0.25, 0.3) is 0 Å². The Kier molecular flexibility index (Phi) is 6.53. The van der Waals surface area contributed by atoms with E-state index in [0.717, 1.165) is 30.6 Å². The van der Waals surface area contributed by atoms with Crippen molar-refractivity contribution in [2.24, 2.45) is 0 Å². The smallest absolute Gasteiger partial charge is 0.266 e. The third kappa shape index (κ3) is 4.59. The number of nitrogens with one attached hydrogen (secondary N) is 2. The highest BCUT2D eigenvalue weighted by Gasteiger charge is 2.34. The third-order valence-electron chi connectivity index (χ3n) is 6.21. The number of sulfonamides is 1. The predicted octanol–water partition coefficient (Wildman–Crippen LogP) is 4.94. The molecular weight excluding hydrogens is 447 g/mol. The van der Waals surface area contributed by atoms with Crippen molar-refractivity contribution in [3.63, 3.8) is 0 Å². The van der Waals surface area contributed by atoms with E-state index in [1.807, 2.05) is 0 Å². The van der Waals surface area contributed by atoms with Crippen LogP contribution < -0.4 is 10.0 Å². The Morgan fingerprint density at radius 1 is 1.20 bits per heavy atom. The van der Waals surface area contributed by atoms with Crippen LogP contribution in [0.5, 0.6) is 0 Å². The Morgan fingerprint density at radius 2 is 1.97 bits per heavy atom. The molecule has 2 N–H and O–H groups in total. The lowest BCUT2D eigenvalue weighted by molar-refractivity contribution is 0.0806. The van der Waals surface area contributed by atoms with Gasteiger partial charge in [0.1, 0.15) is 10.7 Å². The first-order valence-electron chi connectivity index (χ1n) is 10.2. The van der Waals surface area contributed by atoms with Crippen LogP contribution in [-0.4, -0.2) is 43.5 Å². The van der Waals surface area contributed by atoms with Crippen molar-refractivity contribution < 1.29 is 12.8 Å². The van der Waals surface area contributed by atoms with E-state index in [0.29, 0.717) is 17.8 Å². The van der Waals surface area contributed by atoms with Gasteiger partial charge in [-0.05, 0) is 44.9 Å². The Hall–Kier alpha value is -1.42. The highest BCUT2D eigenvalue weighted by molar-refractivity contribution is 7.93. The number of hydrogen-bond donors (Lipinski definition) is 2. The molecule has 2 saturated carbocycles. The molecule has 164 valence electrons. The van der Waals surface area contributed by atoms with E-state index in [4.69, 9.17) is 11.6 Å². The van der Waals surface area contributed by atoms with Gasteiger partial charge >= 0.3 is 0 Å². The molecule has 2 aliphatic carbocycles. The molecule has 0 spiro atoms. The van der Waals surface area contributed by atoms with E-state index >= 15 is 0 Å². The molecule has 6 nitrogen and oxygen atoms in total. The Morgan fingerprint density at radius 3 is 2.63 bits per heavy atom. The minimum Gasteiger partial charge on any atom is -0.379 e. The highest BCUT2D eigenvalue weighted by Crippen LogP contribution is 2.35. The molecule has 2 fully saturated rings. The van der Waals surface area contributed by atoms with Gasteiger partial charge in [-0.1, -0.05) is 30.9 Å². The molecule has 0 bridgehead atoms. The number of likely N-dealkylation sites (N-methyl/N-ethyl adjacent to an activating group) is 1. The van der Waals surface area contributed by atoms with Gasteiger partial charge in [-0.25, -0.2) is 17.8 Å². The Bertz CT molecular complexity index is 983. The van der Waals surface area contributed by atoms with Gasteiger partial charge < -0.3 is 5.32 Å². The number of anilines is 2. The molecule has 1 heterocycles. The molecular formula is C20H26ClFN4O2S2. The average molecular weight is 473 g/mol. The first kappa shape index (κ1) is 21.8. The summed E-state index contributed by atoms with van der Waals surface area (Å²) in [5, 5.41) is 5.41. The average Bonchev–Trinajstić information content (AvgIpc) is 3.15. The van der Waals surface area contributed by atoms with Gasteiger partial charge in [-0.3, -0.25) is 9.62 Å². The molecule has 4 rings (SSSR count). The lowest BCUT2D eigenvalue weighted by Crippen LogP contribution is -2.52. The minimum atomic E-state index is -4.12. The van der Waals surface area contributed by atoms with Crippen molar-refractivity contribution in [2.45, 2.75) is 68.0 Å². The van der Waals surface area contributed by atoms with Crippen molar-refractivity contribution >= 4 is 43.8 Å². The van der Waals surface area contributed by atoms with E-state index < -0.39 is 20.7 Å².